The van der Waals surface area contributed by atoms with Gasteiger partial charge in [-0.2, -0.15) is 0 Å². The van der Waals surface area contributed by atoms with E-state index in [1.165, 1.54) is 0 Å². The van der Waals surface area contributed by atoms with E-state index in [-0.39, 0.29) is 43.4 Å². The summed E-state index contributed by atoms with van der Waals surface area (Å²) in [4.78, 5) is 0. The van der Waals surface area contributed by atoms with Gasteiger partial charge in [-0.25, -0.2) is 0 Å². The third-order valence-corrected chi connectivity index (χ3v) is 0. The third-order valence-electron chi connectivity index (χ3n) is 0. The van der Waals surface area contributed by atoms with Crippen molar-refractivity contribution in [1.29, 1.82) is 0 Å². The molecule has 0 saturated heterocycles. The second-order valence-corrected chi connectivity index (χ2v) is 3.67. The maximum absolute atomic E-state index is 8.52. The quantitative estimate of drug-likeness (QED) is 0.220. The van der Waals surface area contributed by atoms with Crippen LogP contribution in [0.1, 0.15) is 0 Å². The molecule has 17 heteroatoms. The zero-order valence-corrected chi connectivity index (χ0v) is 12.7. The molecule has 0 bridgehead atoms. The summed E-state index contributed by atoms with van der Waals surface area (Å²) >= 11 is 0. The third kappa shape index (κ3) is 3570. The minimum atomic E-state index is -5.17. The Morgan fingerprint density at radius 1 is 0.412 bits per heavy atom. The van der Waals surface area contributed by atoms with Crippen molar-refractivity contribution in [2.24, 2.45) is 0 Å². The summed E-state index contributed by atoms with van der Waals surface area (Å²) in [5, 5.41) is 0. The molecule has 0 atom stereocenters. The first-order chi connectivity index (χ1) is 6.00. The van der Waals surface area contributed by atoms with Crippen molar-refractivity contribution in [3.05, 3.63) is 0 Å². The molecule has 98 valence electrons. The summed E-state index contributed by atoms with van der Waals surface area (Å²) in [6, 6.07) is 0. The molecule has 0 aromatic rings. The fourth-order valence-corrected chi connectivity index (χ4v) is 0. The molecule has 0 aromatic heterocycles. The van der Waals surface area contributed by atoms with Crippen molar-refractivity contribution in [1.82, 2.24) is 0 Å². The Balaban J connectivity index is -0.0000000400. The number of rotatable bonds is 0. The summed E-state index contributed by atoms with van der Waals surface area (Å²) in [6.07, 6.45) is 0. The van der Waals surface area contributed by atoms with Crippen LogP contribution in [0.2, 0.25) is 0 Å². The molecular formula is O12S3Ti2. The van der Waals surface area contributed by atoms with Gasteiger partial charge in [-0.3, -0.25) is 25.3 Å². The fraction of sp³-hybridized carbons (Fsp3) is 0. The maximum Gasteiger partial charge on any atom is 3.00 e. The minimum Gasteiger partial charge on any atom is -0.759 e. The summed E-state index contributed by atoms with van der Waals surface area (Å²) in [5.74, 6) is 0. The summed E-state index contributed by atoms with van der Waals surface area (Å²) < 4.78 is 102. The Bertz CT molecular complexity index is 341. The van der Waals surface area contributed by atoms with Crippen molar-refractivity contribution >= 4 is 31.2 Å². The monoisotopic (exact) mass is 384 g/mol. The smallest absolute Gasteiger partial charge is 0.759 e. The van der Waals surface area contributed by atoms with E-state index in [2.05, 4.69) is 0 Å². The molecule has 0 heterocycles. The molecule has 0 amide bonds. The van der Waals surface area contributed by atoms with Gasteiger partial charge in [-0.15, -0.1) is 0 Å². The Labute approximate surface area is 126 Å². The van der Waals surface area contributed by atoms with Crippen LogP contribution in [0.15, 0.2) is 0 Å². The van der Waals surface area contributed by atoms with Gasteiger partial charge in [0.2, 0.25) is 0 Å². The maximum atomic E-state index is 8.52. The standard InChI is InChI=1S/3H2O4S.2Ti/c3*1-5(2,3)4;;/h3*(H2,1,2,3,4);;/q;;;2*+3/p-6. The average Bonchev–Trinajstić information content (AvgIpc) is 1.41. The molecule has 0 aliphatic heterocycles. The van der Waals surface area contributed by atoms with Crippen LogP contribution in [0.5, 0.6) is 0 Å². The summed E-state index contributed by atoms with van der Waals surface area (Å²) in [7, 11) is -15.5. The molecule has 0 rings (SSSR count). The van der Waals surface area contributed by atoms with Gasteiger partial charge in [0.05, 0.1) is 0 Å². The second-order valence-electron chi connectivity index (χ2n) is 1.22. The Morgan fingerprint density at radius 2 is 0.412 bits per heavy atom. The largest absolute Gasteiger partial charge is 3.00 e. The molecule has 0 N–H and O–H groups in total. The van der Waals surface area contributed by atoms with E-state index in [0.717, 1.165) is 0 Å². The molecule has 0 fully saturated rings. The molecular weight excluding hydrogens is 384 g/mol. The van der Waals surface area contributed by atoms with E-state index >= 15 is 0 Å². The average molecular weight is 384 g/mol. The van der Waals surface area contributed by atoms with Gasteiger partial charge < -0.3 is 27.3 Å². The van der Waals surface area contributed by atoms with E-state index in [9.17, 15) is 0 Å². The van der Waals surface area contributed by atoms with Crippen molar-refractivity contribution in [2.75, 3.05) is 0 Å². The van der Waals surface area contributed by atoms with Crippen molar-refractivity contribution in [3.8, 4) is 0 Å². The Morgan fingerprint density at radius 3 is 0.412 bits per heavy atom. The van der Waals surface area contributed by atoms with Crippen LogP contribution in [0.25, 0.3) is 0 Å². The Hall–Kier alpha value is 1.04. The van der Waals surface area contributed by atoms with Gasteiger partial charge in [0.1, 0.15) is 0 Å². The van der Waals surface area contributed by atoms with E-state index < -0.39 is 31.2 Å². The summed E-state index contributed by atoms with van der Waals surface area (Å²) in [5.41, 5.74) is 0. The SMILES string of the molecule is O=S(=O)([O-])[O-].O=S(=O)([O-])[O-].O=S(=O)([O-])[O-].[Ti+3].[Ti+3]. The molecule has 0 aromatic carbocycles. The molecule has 0 aliphatic carbocycles. The van der Waals surface area contributed by atoms with Crippen LogP contribution in [0.4, 0.5) is 0 Å². The van der Waals surface area contributed by atoms with E-state index in [1.807, 2.05) is 0 Å². The Kier molecular flexibility index (Phi) is 21.9. The van der Waals surface area contributed by atoms with Crippen LogP contribution in [0, 0.1) is 0 Å². The number of hydrogen-bond acceptors (Lipinski definition) is 12. The molecule has 0 aliphatic rings. The van der Waals surface area contributed by atoms with Gasteiger partial charge in [0, 0.05) is 31.2 Å². The van der Waals surface area contributed by atoms with Crippen LogP contribution >= 0.6 is 0 Å². The predicted octanol–water partition coefficient (Wildman–Crippen LogP) is -4.02. The van der Waals surface area contributed by atoms with Gasteiger partial charge >= 0.3 is 43.4 Å². The number of hydrogen-bond donors (Lipinski definition) is 0. The van der Waals surface area contributed by atoms with Crippen LogP contribution in [0.3, 0.4) is 0 Å². The first-order valence-electron chi connectivity index (χ1n) is 2.00. The first kappa shape index (κ1) is 30.8. The second kappa shape index (κ2) is 12.1. The molecule has 0 unspecified atom stereocenters. The zero-order chi connectivity index (χ0) is 13.5. The molecule has 0 saturated carbocycles. The van der Waals surface area contributed by atoms with Gasteiger partial charge in [0.25, 0.3) is 0 Å². The predicted molar refractivity (Wildman–Crippen MR) is 31.4 cm³/mol. The van der Waals surface area contributed by atoms with Crippen LogP contribution in [-0.4, -0.2) is 52.6 Å². The normalized spacial score (nSPS) is 10.2. The minimum absolute atomic E-state index is 0. The first-order valence-corrected chi connectivity index (χ1v) is 6.00. The van der Waals surface area contributed by atoms with Crippen molar-refractivity contribution in [2.45, 2.75) is 0 Å². The molecule has 2 radical (unpaired) electrons. The van der Waals surface area contributed by atoms with Crippen LogP contribution in [-0.2, 0) is 74.6 Å². The van der Waals surface area contributed by atoms with Gasteiger partial charge in [0.15, 0.2) is 0 Å². The van der Waals surface area contributed by atoms with Gasteiger partial charge in [-0.1, -0.05) is 0 Å². The van der Waals surface area contributed by atoms with Crippen molar-refractivity contribution in [3.63, 3.8) is 0 Å². The van der Waals surface area contributed by atoms with Crippen LogP contribution < -0.4 is 0 Å². The van der Waals surface area contributed by atoms with Gasteiger partial charge in [-0.05, 0) is 0 Å². The summed E-state index contributed by atoms with van der Waals surface area (Å²) in [6.45, 7) is 0. The van der Waals surface area contributed by atoms with E-state index in [4.69, 9.17) is 52.6 Å². The molecule has 12 nitrogen and oxygen atoms in total. The molecule has 0 spiro atoms. The molecule has 17 heavy (non-hydrogen) atoms. The van der Waals surface area contributed by atoms with Crippen molar-refractivity contribution < 1.29 is 96.0 Å². The topological polar surface area (TPSA) is 241 Å². The fourth-order valence-electron chi connectivity index (χ4n) is 0. The zero-order valence-electron chi connectivity index (χ0n) is 7.12. The van der Waals surface area contributed by atoms with E-state index in [0.29, 0.717) is 0 Å². The van der Waals surface area contributed by atoms with E-state index in [1.54, 1.807) is 0 Å².